The summed E-state index contributed by atoms with van der Waals surface area (Å²) in [5, 5.41) is 16.8. The fourth-order valence-electron chi connectivity index (χ4n) is 3.55. The zero-order valence-corrected chi connectivity index (χ0v) is 18.4. The molecule has 4 rings (SSSR count). The SMILES string of the molecule is CC(C)CC(NC(=O)c1ccc2c(c1)oc1cc(Br)ccc12)C(=O)NC1(C#N)CC1. The monoisotopic (exact) mass is 467 g/mol. The van der Waals surface area contributed by atoms with Crippen LogP contribution in [0.5, 0.6) is 0 Å². The van der Waals surface area contributed by atoms with Gasteiger partial charge in [-0.2, -0.15) is 5.26 Å². The molecule has 1 saturated carbocycles. The Bertz CT molecular complexity index is 1190. The number of nitrogens with zero attached hydrogens (tertiary/aromatic N) is 1. The van der Waals surface area contributed by atoms with Crippen molar-refractivity contribution in [3.05, 3.63) is 46.4 Å². The molecule has 6 nitrogen and oxygen atoms in total. The van der Waals surface area contributed by atoms with E-state index in [2.05, 4.69) is 32.6 Å². The Morgan fingerprint density at radius 2 is 1.83 bits per heavy atom. The van der Waals surface area contributed by atoms with Crippen molar-refractivity contribution in [1.29, 1.82) is 5.26 Å². The van der Waals surface area contributed by atoms with Gasteiger partial charge in [0.15, 0.2) is 0 Å². The van der Waals surface area contributed by atoms with Crippen molar-refractivity contribution in [2.75, 3.05) is 0 Å². The van der Waals surface area contributed by atoms with Crippen LogP contribution in [-0.4, -0.2) is 23.4 Å². The van der Waals surface area contributed by atoms with Gasteiger partial charge in [-0.3, -0.25) is 9.59 Å². The van der Waals surface area contributed by atoms with E-state index in [1.165, 1.54) is 0 Å². The topological polar surface area (TPSA) is 95.1 Å². The van der Waals surface area contributed by atoms with Crippen molar-refractivity contribution in [2.24, 2.45) is 5.92 Å². The van der Waals surface area contributed by atoms with Gasteiger partial charge in [0.25, 0.3) is 5.91 Å². The number of carbonyl (C=O) groups is 2. The molecule has 0 saturated heterocycles. The van der Waals surface area contributed by atoms with Crippen LogP contribution in [-0.2, 0) is 4.79 Å². The van der Waals surface area contributed by atoms with Crippen LogP contribution < -0.4 is 10.6 Å². The Balaban J connectivity index is 1.57. The molecule has 1 atom stereocenters. The smallest absolute Gasteiger partial charge is 0.252 e. The summed E-state index contributed by atoms with van der Waals surface area (Å²) in [4.78, 5) is 25.6. The molecule has 2 amide bonds. The van der Waals surface area contributed by atoms with E-state index in [0.717, 1.165) is 20.8 Å². The van der Waals surface area contributed by atoms with Gasteiger partial charge in [-0.1, -0.05) is 29.8 Å². The summed E-state index contributed by atoms with van der Waals surface area (Å²) < 4.78 is 6.82. The van der Waals surface area contributed by atoms with Crippen molar-refractivity contribution >= 4 is 49.7 Å². The predicted molar refractivity (Wildman–Crippen MR) is 118 cm³/mol. The molecule has 2 aromatic carbocycles. The number of halogens is 1. The third-order valence-electron chi connectivity index (χ3n) is 5.35. The summed E-state index contributed by atoms with van der Waals surface area (Å²) in [5.74, 6) is -0.457. The van der Waals surface area contributed by atoms with E-state index in [1.807, 2.05) is 38.1 Å². The Morgan fingerprint density at radius 1 is 1.17 bits per heavy atom. The molecule has 1 heterocycles. The molecular formula is C23H22BrN3O3. The average Bonchev–Trinajstić information content (AvgIpc) is 3.38. The molecule has 1 aliphatic rings. The first-order valence-corrected chi connectivity index (χ1v) is 10.8. The first-order chi connectivity index (χ1) is 14.3. The molecule has 2 N–H and O–H groups in total. The molecule has 0 bridgehead atoms. The predicted octanol–water partition coefficient (Wildman–Crippen LogP) is 4.67. The number of rotatable bonds is 6. The molecule has 1 aromatic heterocycles. The molecule has 154 valence electrons. The number of hydrogen-bond donors (Lipinski definition) is 2. The molecule has 0 radical (unpaired) electrons. The number of furan rings is 1. The van der Waals surface area contributed by atoms with Crippen LogP contribution in [0.25, 0.3) is 21.9 Å². The van der Waals surface area contributed by atoms with Crippen LogP contribution in [0, 0.1) is 17.2 Å². The van der Waals surface area contributed by atoms with Gasteiger partial charge in [-0.15, -0.1) is 0 Å². The maximum atomic E-state index is 12.9. The van der Waals surface area contributed by atoms with Gasteiger partial charge in [-0.25, -0.2) is 0 Å². The van der Waals surface area contributed by atoms with E-state index < -0.39 is 11.6 Å². The molecule has 1 unspecified atom stereocenters. The van der Waals surface area contributed by atoms with Crippen LogP contribution in [0.4, 0.5) is 0 Å². The lowest BCUT2D eigenvalue weighted by Crippen LogP contribution is -2.50. The van der Waals surface area contributed by atoms with Gasteiger partial charge >= 0.3 is 0 Å². The summed E-state index contributed by atoms with van der Waals surface area (Å²) in [6.45, 7) is 3.98. The molecule has 7 heteroatoms. The van der Waals surface area contributed by atoms with Gasteiger partial charge in [0, 0.05) is 20.8 Å². The number of amides is 2. The normalized spacial score (nSPS) is 15.7. The first-order valence-electron chi connectivity index (χ1n) is 9.96. The van der Waals surface area contributed by atoms with Gasteiger partial charge in [-0.05, 0) is 61.6 Å². The minimum absolute atomic E-state index is 0.203. The Kier molecular flexibility index (Phi) is 5.29. The molecule has 1 aliphatic carbocycles. The summed E-state index contributed by atoms with van der Waals surface area (Å²) in [6.07, 6.45) is 1.78. The van der Waals surface area contributed by atoms with E-state index in [0.29, 0.717) is 30.4 Å². The van der Waals surface area contributed by atoms with Crippen molar-refractivity contribution in [3.8, 4) is 6.07 Å². The molecule has 0 aliphatic heterocycles. The molecular weight excluding hydrogens is 446 g/mol. The molecule has 0 spiro atoms. The number of nitriles is 1. The van der Waals surface area contributed by atoms with Crippen molar-refractivity contribution < 1.29 is 14.0 Å². The van der Waals surface area contributed by atoms with E-state index in [-0.39, 0.29) is 17.7 Å². The van der Waals surface area contributed by atoms with Crippen LogP contribution in [0.3, 0.4) is 0 Å². The highest BCUT2D eigenvalue weighted by Crippen LogP contribution is 2.34. The molecule has 1 fully saturated rings. The van der Waals surface area contributed by atoms with Gasteiger partial charge in [0.2, 0.25) is 5.91 Å². The Labute approximate surface area is 182 Å². The second-order valence-electron chi connectivity index (χ2n) is 8.29. The highest BCUT2D eigenvalue weighted by Gasteiger charge is 2.45. The van der Waals surface area contributed by atoms with E-state index in [9.17, 15) is 14.9 Å². The standard InChI is InChI=1S/C23H22BrN3O3/c1-13(2)9-18(22(29)27-23(12-25)7-8-23)26-21(28)14-3-5-16-17-6-4-15(24)11-20(17)30-19(16)10-14/h3-6,10-11,13,18H,7-9H2,1-2H3,(H,26,28)(H,27,29). The average molecular weight is 468 g/mol. The Morgan fingerprint density at radius 3 is 2.47 bits per heavy atom. The zero-order chi connectivity index (χ0) is 21.5. The summed E-state index contributed by atoms with van der Waals surface area (Å²) in [6, 6.07) is 12.5. The highest BCUT2D eigenvalue weighted by molar-refractivity contribution is 9.10. The van der Waals surface area contributed by atoms with Gasteiger partial charge in [0.05, 0.1) is 6.07 Å². The minimum atomic E-state index is -0.765. The number of nitrogens with one attached hydrogen (secondary N) is 2. The molecule has 3 aromatic rings. The quantitative estimate of drug-likeness (QED) is 0.550. The largest absolute Gasteiger partial charge is 0.456 e. The summed E-state index contributed by atoms with van der Waals surface area (Å²) in [5.41, 5.74) is 1.00. The maximum Gasteiger partial charge on any atom is 0.252 e. The zero-order valence-electron chi connectivity index (χ0n) is 16.8. The minimum Gasteiger partial charge on any atom is -0.456 e. The second-order valence-corrected chi connectivity index (χ2v) is 9.21. The maximum absolute atomic E-state index is 12.9. The number of carbonyl (C=O) groups excluding carboxylic acids is 2. The lowest BCUT2D eigenvalue weighted by atomic mass is 10.0. The van der Waals surface area contributed by atoms with Crippen LogP contribution in [0.15, 0.2) is 45.3 Å². The number of benzene rings is 2. The van der Waals surface area contributed by atoms with Crippen molar-refractivity contribution in [1.82, 2.24) is 10.6 Å². The third-order valence-corrected chi connectivity index (χ3v) is 5.85. The van der Waals surface area contributed by atoms with Crippen LogP contribution in [0.1, 0.15) is 43.5 Å². The van der Waals surface area contributed by atoms with E-state index >= 15 is 0 Å². The second kappa shape index (κ2) is 7.77. The summed E-state index contributed by atoms with van der Waals surface area (Å²) >= 11 is 3.44. The van der Waals surface area contributed by atoms with Crippen molar-refractivity contribution in [2.45, 2.75) is 44.7 Å². The van der Waals surface area contributed by atoms with Gasteiger partial charge < -0.3 is 15.1 Å². The third kappa shape index (κ3) is 4.05. The molecule has 30 heavy (non-hydrogen) atoms. The van der Waals surface area contributed by atoms with Crippen LogP contribution in [0.2, 0.25) is 0 Å². The van der Waals surface area contributed by atoms with E-state index in [4.69, 9.17) is 4.42 Å². The summed E-state index contributed by atoms with van der Waals surface area (Å²) in [7, 11) is 0. The fraction of sp³-hybridized carbons (Fsp3) is 0.348. The Hall–Kier alpha value is -2.85. The van der Waals surface area contributed by atoms with E-state index in [1.54, 1.807) is 12.1 Å². The van der Waals surface area contributed by atoms with Gasteiger partial charge in [0.1, 0.15) is 22.7 Å². The fourth-order valence-corrected chi connectivity index (χ4v) is 3.89. The highest BCUT2D eigenvalue weighted by atomic mass is 79.9. The van der Waals surface area contributed by atoms with Crippen molar-refractivity contribution in [3.63, 3.8) is 0 Å². The lowest BCUT2D eigenvalue weighted by Gasteiger charge is -2.21. The van der Waals surface area contributed by atoms with Crippen LogP contribution >= 0.6 is 15.9 Å². The lowest BCUT2D eigenvalue weighted by molar-refractivity contribution is -0.123. The first kappa shape index (κ1) is 20.4. The number of hydrogen-bond acceptors (Lipinski definition) is 4. The number of fused-ring (bicyclic) bond motifs is 3.